The van der Waals surface area contributed by atoms with Crippen LogP contribution in [0.5, 0.6) is 0 Å². The molecule has 0 unspecified atom stereocenters. The number of hydrogen-bond donors (Lipinski definition) is 1. The normalized spacial score (nSPS) is 26.7. The van der Waals surface area contributed by atoms with Gasteiger partial charge < -0.3 is 24.1 Å². The standard InChI is InChI=1S/C25H28O5/c1-17-23(28-15-18-8-4-3-5-9-18)22(26)24(25(27-2)30-17)29-16-19-12-13-20-10-6-7-11-21(20)14-19/h3-14,17,22-26H,15-16H2,1-2H3/t17-,22+,23-,24+,25+/m0/s1. The monoisotopic (exact) mass is 408 g/mol. The van der Waals surface area contributed by atoms with Crippen LogP contribution in [0.4, 0.5) is 0 Å². The zero-order valence-corrected chi connectivity index (χ0v) is 17.3. The molecule has 0 spiro atoms. The molecular weight excluding hydrogens is 380 g/mol. The van der Waals surface area contributed by atoms with E-state index in [1.54, 1.807) is 7.11 Å². The van der Waals surface area contributed by atoms with Crippen molar-refractivity contribution >= 4 is 10.8 Å². The number of aliphatic hydroxyl groups is 1. The molecule has 1 aliphatic heterocycles. The first kappa shape index (κ1) is 21.0. The Morgan fingerprint density at radius 2 is 1.47 bits per heavy atom. The molecule has 1 aliphatic rings. The Morgan fingerprint density at radius 3 is 2.23 bits per heavy atom. The number of benzene rings is 3. The molecule has 1 heterocycles. The molecule has 3 aromatic rings. The molecule has 1 fully saturated rings. The van der Waals surface area contributed by atoms with Gasteiger partial charge >= 0.3 is 0 Å². The highest BCUT2D eigenvalue weighted by Crippen LogP contribution is 2.28. The molecule has 5 heteroatoms. The summed E-state index contributed by atoms with van der Waals surface area (Å²) in [4.78, 5) is 0. The smallest absolute Gasteiger partial charge is 0.186 e. The van der Waals surface area contributed by atoms with Gasteiger partial charge in [0.1, 0.15) is 18.3 Å². The van der Waals surface area contributed by atoms with Gasteiger partial charge in [-0.25, -0.2) is 0 Å². The molecule has 0 amide bonds. The maximum absolute atomic E-state index is 11.0. The van der Waals surface area contributed by atoms with Crippen LogP contribution in [0.15, 0.2) is 72.8 Å². The van der Waals surface area contributed by atoms with E-state index in [0.717, 1.165) is 16.5 Å². The van der Waals surface area contributed by atoms with E-state index in [2.05, 4.69) is 24.3 Å². The van der Waals surface area contributed by atoms with Gasteiger partial charge in [0.2, 0.25) is 0 Å². The minimum atomic E-state index is -0.872. The van der Waals surface area contributed by atoms with Gasteiger partial charge in [-0.05, 0) is 34.9 Å². The van der Waals surface area contributed by atoms with Crippen LogP contribution in [-0.4, -0.2) is 42.9 Å². The van der Waals surface area contributed by atoms with Gasteiger partial charge in [-0.2, -0.15) is 0 Å². The van der Waals surface area contributed by atoms with Crippen LogP contribution in [0, 0.1) is 0 Å². The fraction of sp³-hybridized carbons (Fsp3) is 0.360. The first-order valence-corrected chi connectivity index (χ1v) is 10.3. The zero-order valence-electron chi connectivity index (χ0n) is 17.3. The highest BCUT2D eigenvalue weighted by atomic mass is 16.7. The van der Waals surface area contributed by atoms with Crippen LogP contribution in [0.1, 0.15) is 18.1 Å². The van der Waals surface area contributed by atoms with Crippen LogP contribution in [0.3, 0.4) is 0 Å². The summed E-state index contributed by atoms with van der Waals surface area (Å²) in [5.74, 6) is 0. The minimum Gasteiger partial charge on any atom is -0.387 e. The molecule has 4 rings (SSSR count). The lowest BCUT2D eigenvalue weighted by Gasteiger charge is -2.42. The molecule has 0 radical (unpaired) electrons. The van der Waals surface area contributed by atoms with Crippen molar-refractivity contribution in [1.82, 2.24) is 0 Å². The number of rotatable bonds is 7. The first-order valence-electron chi connectivity index (χ1n) is 10.3. The zero-order chi connectivity index (χ0) is 20.9. The van der Waals surface area contributed by atoms with Crippen molar-refractivity contribution in [3.05, 3.63) is 83.9 Å². The molecule has 0 aromatic heterocycles. The lowest BCUT2D eigenvalue weighted by molar-refractivity contribution is -0.305. The second-order valence-electron chi connectivity index (χ2n) is 7.65. The number of methoxy groups -OCH3 is 1. The van der Waals surface area contributed by atoms with Gasteiger partial charge in [-0.1, -0.05) is 66.7 Å². The third-order valence-electron chi connectivity index (χ3n) is 5.53. The first-order chi connectivity index (χ1) is 14.7. The topological polar surface area (TPSA) is 57.2 Å². The van der Waals surface area contributed by atoms with Crippen molar-refractivity contribution in [2.45, 2.75) is 50.8 Å². The molecule has 5 nitrogen and oxygen atoms in total. The molecule has 1 saturated heterocycles. The maximum Gasteiger partial charge on any atom is 0.186 e. The Morgan fingerprint density at radius 1 is 0.800 bits per heavy atom. The van der Waals surface area contributed by atoms with Crippen molar-refractivity contribution in [3.8, 4) is 0 Å². The third kappa shape index (κ3) is 4.72. The number of fused-ring (bicyclic) bond motifs is 1. The highest BCUT2D eigenvalue weighted by Gasteiger charge is 2.45. The van der Waals surface area contributed by atoms with Crippen LogP contribution >= 0.6 is 0 Å². The predicted molar refractivity (Wildman–Crippen MR) is 115 cm³/mol. The van der Waals surface area contributed by atoms with Crippen LogP contribution < -0.4 is 0 Å². The third-order valence-corrected chi connectivity index (χ3v) is 5.53. The SMILES string of the molecule is CO[C@@H]1O[C@@H](C)[C@H](OCc2ccccc2)[C@@H](O)[C@H]1OCc1ccc2ccccc2c1. The van der Waals surface area contributed by atoms with E-state index in [-0.39, 0.29) is 6.10 Å². The lowest BCUT2D eigenvalue weighted by atomic mass is 9.99. The summed E-state index contributed by atoms with van der Waals surface area (Å²) in [7, 11) is 1.56. The summed E-state index contributed by atoms with van der Waals surface area (Å²) >= 11 is 0. The van der Waals surface area contributed by atoms with E-state index < -0.39 is 24.6 Å². The van der Waals surface area contributed by atoms with Gasteiger partial charge in [0, 0.05) is 7.11 Å². The van der Waals surface area contributed by atoms with Crippen LogP contribution in [-0.2, 0) is 32.2 Å². The van der Waals surface area contributed by atoms with E-state index in [1.807, 2.05) is 55.5 Å². The summed E-state index contributed by atoms with van der Waals surface area (Å²) in [6, 6.07) is 24.3. The predicted octanol–water partition coefficient (Wildman–Crippen LogP) is 4.06. The molecule has 5 atom stereocenters. The highest BCUT2D eigenvalue weighted by molar-refractivity contribution is 5.82. The molecule has 3 aromatic carbocycles. The van der Waals surface area contributed by atoms with Crippen molar-refractivity contribution in [3.63, 3.8) is 0 Å². The fourth-order valence-electron chi connectivity index (χ4n) is 3.88. The quantitative estimate of drug-likeness (QED) is 0.639. The Hall–Kier alpha value is -2.28. The molecule has 0 bridgehead atoms. The minimum absolute atomic E-state index is 0.325. The van der Waals surface area contributed by atoms with E-state index in [0.29, 0.717) is 13.2 Å². The number of ether oxygens (including phenoxy) is 4. The van der Waals surface area contributed by atoms with Gasteiger partial charge in [0.15, 0.2) is 6.29 Å². The number of aliphatic hydroxyl groups excluding tert-OH is 1. The Balaban J connectivity index is 1.43. The van der Waals surface area contributed by atoms with E-state index in [4.69, 9.17) is 18.9 Å². The van der Waals surface area contributed by atoms with Gasteiger partial charge in [-0.15, -0.1) is 0 Å². The average Bonchev–Trinajstić information content (AvgIpc) is 2.78. The Bertz CT molecular complexity index is 944. The molecule has 1 N–H and O–H groups in total. The second kappa shape index (κ2) is 9.69. The molecule has 0 saturated carbocycles. The van der Waals surface area contributed by atoms with Crippen LogP contribution in [0.2, 0.25) is 0 Å². The molecule has 30 heavy (non-hydrogen) atoms. The summed E-state index contributed by atoms with van der Waals surface area (Å²) in [5, 5.41) is 13.4. The van der Waals surface area contributed by atoms with Gasteiger partial charge in [0.25, 0.3) is 0 Å². The van der Waals surface area contributed by atoms with Gasteiger partial charge in [-0.3, -0.25) is 0 Å². The van der Waals surface area contributed by atoms with Gasteiger partial charge in [0.05, 0.1) is 19.3 Å². The average molecular weight is 408 g/mol. The molecule has 0 aliphatic carbocycles. The Labute approximate surface area is 177 Å². The summed E-state index contributed by atoms with van der Waals surface area (Å²) in [6.45, 7) is 2.62. The molecule has 158 valence electrons. The van der Waals surface area contributed by atoms with E-state index >= 15 is 0 Å². The maximum atomic E-state index is 11.0. The summed E-state index contributed by atoms with van der Waals surface area (Å²) < 4.78 is 23.5. The Kier molecular flexibility index (Phi) is 6.77. The van der Waals surface area contributed by atoms with Crippen molar-refractivity contribution in [2.24, 2.45) is 0 Å². The second-order valence-corrected chi connectivity index (χ2v) is 7.65. The van der Waals surface area contributed by atoms with Crippen molar-refractivity contribution < 1.29 is 24.1 Å². The molecular formula is C25H28O5. The largest absolute Gasteiger partial charge is 0.387 e. The number of hydrogen-bond acceptors (Lipinski definition) is 5. The lowest BCUT2D eigenvalue weighted by Crippen LogP contribution is -2.58. The summed E-state index contributed by atoms with van der Waals surface area (Å²) in [6.07, 6.45) is -3.03. The summed E-state index contributed by atoms with van der Waals surface area (Å²) in [5.41, 5.74) is 2.07. The van der Waals surface area contributed by atoms with Crippen LogP contribution in [0.25, 0.3) is 10.8 Å². The van der Waals surface area contributed by atoms with E-state index in [1.165, 1.54) is 5.39 Å². The van der Waals surface area contributed by atoms with Crippen molar-refractivity contribution in [2.75, 3.05) is 7.11 Å². The van der Waals surface area contributed by atoms with E-state index in [9.17, 15) is 5.11 Å². The fourth-order valence-corrected chi connectivity index (χ4v) is 3.88. The van der Waals surface area contributed by atoms with Crippen molar-refractivity contribution in [1.29, 1.82) is 0 Å².